The molecule has 0 saturated carbocycles. The van der Waals surface area contributed by atoms with Crippen molar-refractivity contribution in [3.05, 3.63) is 33.6 Å². The van der Waals surface area contributed by atoms with Crippen molar-refractivity contribution in [3.63, 3.8) is 0 Å². The van der Waals surface area contributed by atoms with Crippen LogP contribution in [0, 0.1) is 0 Å². The van der Waals surface area contributed by atoms with E-state index in [9.17, 15) is 4.79 Å². The summed E-state index contributed by atoms with van der Waals surface area (Å²) in [6.45, 7) is 1.60. The monoisotopic (exact) mass is 325 g/mol. The third-order valence-electron chi connectivity index (χ3n) is 3.69. The van der Waals surface area contributed by atoms with E-state index in [2.05, 4.69) is 10.1 Å². The van der Waals surface area contributed by atoms with Gasteiger partial charge < -0.3 is 9.42 Å². The van der Waals surface area contributed by atoms with E-state index < -0.39 is 0 Å². The van der Waals surface area contributed by atoms with Crippen LogP contribution in [0.1, 0.15) is 35.9 Å². The van der Waals surface area contributed by atoms with Gasteiger partial charge in [0.15, 0.2) is 5.15 Å². The molecule has 3 rings (SSSR count). The van der Waals surface area contributed by atoms with E-state index in [4.69, 9.17) is 16.1 Å². The molecule has 21 heavy (non-hydrogen) atoms. The molecule has 0 spiro atoms. The van der Waals surface area contributed by atoms with Crippen LogP contribution >= 0.6 is 22.9 Å². The van der Waals surface area contributed by atoms with Gasteiger partial charge >= 0.3 is 0 Å². The highest BCUT2D eigenvalue weighted by Crippen LogP contribution is 2.28. The lowest BCUT2D eigenvalue weighted by Gasteiger charge is -2.31. The topological polar surface area (TPSA) is 59.2 Å². The first-order valence-corrected chi connectivity index (χ1v) is 8.26. The lowest BCUT2D eigenvalue weighted by atomic mass is 9.98. The van der Waals surface area contributed by atoms with E-state index >= 15 is 0 Å². The van der Waals surface area contributed by atoms with Crippen molar-refractivity contribution >= 4 is 28.8 Å². The predicted molar refractivity (Wildman–Crippen MR) is 80.5 cm³/mol. The molecule has 0 aliphatic carbocycles. The maximum atomic E-state index is 12.3. The molecule has 1 saturated heterocycles. The number of nitrogens with zero attached hydrogens (tertiary/aromatic N) is 3. The zero-order valence-electron chi connectivity index (χ0n) is 11.5. The van der Waals surface area contributed by atoms with Gasteiger partial charge in [0.1, 0.15) is 5.76 Å². The minimum atomic E-state index is 0.156. The van der Waals surface area contributed by atoms with Crippen molar-refractivity contribution in [2.24, 2.45) is 0 Å². The van der Waals surface area contributed by atoms with Crippen molar-refractivity contribution in [3.8, 4) is 0 Å². The van der Waals surface area contributed by atoms with E-state index in [1.807, 2.05) is 16.5 Å². The molecule has 5 nitrogen and oxygen atoms in total. The van der Waals surface area contributed by atoms with Gasteiger partial charge in [-0.1, -0.05) is 16.8 Å². The van der Waals surface area contributed by atoms with Crippen LogP contribution in [0.4, 0.5) is 0 Å². The van der Waals surface area contributed by atoms with E-state index in [0.717, 1.165) is 30.9 Å². The average molecular weight is 326 g/mol. The van der Waals surface area contributed by atoms with Crippen molar-refractivity contribution < 1.29 is 9.32 Å². The lowest BCUT2D eigenvalue weighted by molar-refractivity contribution is -0.132. The van der Waals surface area contributed by atoms with Crippen LogP contribution in [0.5, 0.6) is 0 Å². The molecule has 2 aromatic heterocycles. The summed E-state index contributed by atoms with van der Waals surface area (Å²) < 4.78 is 5.02. The summed E-state index contributed by atoms with van der Waals surface area (Å²) in [5, 5.41) is 7.07. The number of carbonyl (C=O) groups is 1. The second-order valence-corrected chi connectivity index (χ2v) is 6.48. The number of halogens is 1. The van der Waals surface area contributed by atoms with Crippen LogP contribution < -0.4 is 0 Å². The molecular formula is C14H16ClN3O2S. The Morgan fingerprint density at radius 1 is 1.57 bits per heavy atom. The second-order valence-electron chi connectivity index (χ2n) is 5.17. The third kappa shape index (κ3) is 3.63. The maximum absolute atomic E-state index is 12.3. The summed E-state index contributed by atoms with van der Waals surface area (Å²) >= 11 is 7.36. The fraction of sp³-hybridized carbons (Fsp3) is 0.500. The summed E-state index contributed by atoms with van der Waals surface area (Å²) in [4.78, 5) is 18.6. The quantitative estimate of drug-likeness (QED) is 0.866. The zero-order chi connectivity index (χ0) is 14.7. The minimum absolute atomic E-state index is 0.156. The van der Waals surface area contributed by atoms with Gasteiger partial charge in [-0.3, -0.25) is 4.79 Å². The Morgan fingerprint density at radius 2 is 2.48 bits per heavy atom. The number of amides is 1. The number of hydrogen-bond donors (Lipinski definition) is 0. The Morgan fingerprint density at radius 3 is 3.19 bits per heavy atom. The molecule has 0 bridgehead atoms. The van der Waals surface area contributed by atoms with Crippen molar-refractivity contribution in [2.75, 3.05) is 13.1 Å². The van der Waals surface area contributed by atoms with E-state index in [1.54, 1.807) is 17.4 Å². The fourth-order valence-corrected chi connectivity index (χ4v) is 3.56. The normalized spacial score (nSPS) is 18.9. The molecule has 0 N–H and O–H groups in total. The van der Waals surface area contributed by atoms with E-state index in [-0.39, 0.29) is 5.91 Å². The molecule has 1 fully saturated rings. The SMILES string of the molecule is O=C(CCc1cc(Cl)no1)N1CCC[C@H](c2nccs2)C1. The Bertz CT molecular complexity index is 599. The molecule has 0 radical (unpaired) electrons. The van der Waals surface area contributed by atoms with Gasteiger partial charge in [0.2, 0.25) is 5.91 Å². The zero-order valence-corrected chi connectivity index (χ0v) is 13.1. The largest absolute Gasteiger partial charge is 0.360 e. The molecule has 7 heteroatoms. The summed E-state index contributed by atoms with van der Waals surface area (Å²) in [6.07, 6.45) is 4.93. The van der Waals surface area contributed by atoms with Crippen LogP contribution in [0.2, 0.25) is 5.15 Å². The summed E-state index contributed by atoms with van der Waals surface area (Å²) in [5.74, 6) is 1.19. The van der Waals surface area contributed by atoms with Crippen molar-refractivity contribution in [2.45, 2.75) is 31.6 Å². The summed E-state index contributed by atoms with van der Waals surface area (Å²) in [7, 11) is 0. The van der Waals surface area contributed by atoms with Gasteiger partial charge in [-0.15, -0.1) is 11.3 Å². The molecule has 2 aromatic rings. The number of aromatic nitrogens is 2. The Kier molecular flexibility index (Phi) is 4.55. The van der Waals surface area contributed by atoms with Crippen molar-refractivity contribution in [1.82, 2.24) is 15.0 Å². The number of thiazole rings is 1. The Balaban J connectivity index is 1.54. The van der Waals surface area contributed by atoms with Crippen LogP contribution in [0.15, 0.2) is 22.2 Å². The molecule has 1 aliphatic rings. The van der Waals surface area contributed by atoms with Gasteiger partial charge in [-0.25, -0.2) is 4.98 Å². The molecule has 112 valence electrons. The maximum Gasteiger partial charge on any atom is 0.223 e. The van der Waals surface area contributed by atoms with Gasteiger partial charge in [-0.2, -0.15) is 0 Å². The van der Waals surface area contributed by atoms with Gasteiger partial charge in [0.25, 0.3) is 0 Å². The summed E-state index contributed by atoms with van der Waals surface area (Å²) in [5.41, 5.74) is 0. The number of aryl methyl sites for hydroxylation is 1. The van der Waals surface area contributed by atoms with E-state index in [1.165, 1.54) is 0 Å². The smallest absolute Gasteiger partial charge is 0.223 e. The number of rotatable bonds is 4. The molecule has 3 heterocycles. The summed E-state index contributed by atoms with van der Waals surface area (Å²) in [6, 6.07) is 1.66. The first kappa shape index (κ1) is 14.5. The Labute approximate surface area is 131 Å². The predicted octanol–water partition coefficient (Wildman–Crippen LogP) is 3.12. The standard InChI is InChI=1S/C14H16ClN3O2S/c15-12-8-11(20-17-12)3-4-13(19)18-6-1-2-10(9-18)14-16-5-7-21-14/h5,7-8,10H,1-4,6,9H2/t10-/m0/s1. The van der Waals surface area contributed by atoms with Gasteiger partial charge in [0, 0.05) is 49.5 Å². The first-order valence-electron chi connectivity index (χ1n) is 7.00. The van der Waals surface area contributed by atoms with Crippen molar-refractivity contribution in [1.29, 1.82) is 0 Å². The Hall–Kier alpha value is -1.40. The lowest BCUT2D eigenvalue weighted by Crippen LogP contribution is -2.39. The molecule has 1 amide bonds. The highest BCUT2D eigenvalue weighted by Gasteiger charge is 2.26. The van der Waals surface area contributed by atoms with Crippen LogP contribution in [0.3, 0.4) is 0 Å². The average Bonchev–Trinajstić information content (AvgIpc) is 3.16. The van der Waals surface area contributed by atoms with Crippen LogP contribution in [-0.4, -0.2) is 34.0 Å². The number of hydrogen-bond acceptors (Lipinski definition) is 5. The van der Waals surface area contributed by atoms with Gasteiger partial charge in [0.05, 0.1) is 5.01 Å². The molecule has 0 unspecified atom stereocenters. The first-order chi connectivity index (χ1) is 10.2. The number of carbonyl (C=O) groups excluding carboxylic acids is 1. The minimum Gasteiger partial charge on any atom is -0.360 e. The molecular weight excluding hydrogens is 310 g/mol. The molecule has 1 atom stereocenters. The number of piperidine rings is 1. The van der Waals surface area contributed by atoms with Gasteiger partial charge in [-0.05, 0) is 12.8 Å². The highest BCUT2D eigenvalue weighted by atomic mass is 35.5. The number of likely N-dealkylation sites (tertiary alicyclic amines) is 1. The molecule has 0 aromatic carbocycles. The third-order valence-corrected chi connectivity index (χ3v) is 4.81. The fourth-order valence-electron chi connectivity index (χ4n) is 2.64. The van der Waals surface area contributed by atoms with E-state index in [0.29, 0.717) is 29.7 Å². The van der Waals surface area contributed by atoms with Crippen LogP contribution in [0.25, 0.3) is 0 Å². The molecule has 1 aliphatic heterocycles. The highest BCUT2D eigenvalue weighted by molar-refractivity contribution is 7.09. The van der Waals surface area contributed by atoms with Crippen LogP contribution in [-0.2, 0) is 11.2 Å². The second kappa shape index (κ2) is 6.58.